The van der Waals surface area contributed by atoms with Crippen LogP contribution < -0.4 is 5.48 Å². The normalized spacial score (nSPS) is 10.5. The summed E-state index contributed by atoms with van der Waals surface area (Å²) in [7, 11) is 0. The van der Waals surface area contributed by atoms with Gasteiger partial charge in [-0.1, -0.05) is 0 Å². The monoisotopic (exact) mass is 195 g/mol. The highest BCUT2D eigenvalue weighted by Crippen LogP contribution is 2.23. The smallest absolute Gasteiger partial charge is 0.161 e. The standard InChI is InChI=1S/C8H9N3OS/c1-2-12-11-7-6-3-4-13-8(6)10-5-9-7/h3-5H,2H2,1H3,(H,9,10,11). The first-order valence-corrected chi connectivity index (χ1v) is 4.86. The van der Waals surface area contributed by atoms with Crippen molar-refractivity contribution in [2.24, 2.45) is 0 Å². The Bertz CT molecular complexity index is 401. The van der Waals surface area contributed by atoms with Crippen molar-refractivity contribution in [3.05, 3.63) is 17.8 Å². The summed E-state index contributed by atoms with van der Waals surface area (Å²) in [5.74, 6) is 0.730. The molecule has 5 heteroatoms. The predicted octanol–water partition coefficient (Wildman–Crippen LogP) is 2.05. The van der Waals surface area contributed by atoms with Crippen molar-refractivity contribution in [2.75, 3.05) is 12.1 Å². The average Bonchev–Trinajstić information content (AvgIpc) is 2.62. The van der Waals surface area contributed by atoms with E-state index in [1.165, 1.54) is 6.33 Å². The van der Waals surface area contributed by atoms with E-state index in [2.05, 4.69) is 15.4 Å². The summed E-state index contributed by atoms with van der Waals surface area (Å²) in [5.41, 5.74) is 2.78. The second-order valence-electron chi connectivity index (χ2n) is 2.40. The Morgan fingerprint density at radius 1 is 1.54 bits per heavy atom. The summed E-state index contributed by atoms with van der Waals surface area (Å²) >= 11 is 1.59. The molecule has 1 N–H and O–H groups in total. The van der Waals surface area contributed by atoms with Crippen LogP contribution in [0, 0.1) is 0 Å². The van der Waals surface area contributed by atoms with Crippen LogP contribution in [0.25, 0.3) is 10.2 Å². The van der Waals surface area contributed by atoms with Crippen LogP contribution in [0.5, 0.6) is 0 Å². The van der Waals surface area contributed by atoms with E-state index in [9.17, 15) is 0 Å². The number of aromatic nitrogens is 2. The van der Waals surface area contributed by atoms with E-state index in [1.807, 2.05) is 18.4 Å². The third-order valence-electron chi connectivity index (χ3n) is 1.57. The highest BCUT2D eigenvalue weighted by atomic mass is 32.1. The van der Waals surface area contributed by atoms with Gasteiger partial charge in [0.15, 0.2) is 5.82 Å². The number of nitrogens with zero attached hydrogens (tertiary/aromatic N) is 2. The lowest BCUT2D eigenvalue weighted by Crippen LogP contribution is -2.02. The zero-order valence-electron chi connectivity index (χ0n) is 7.15. The zero-order chi connectivity index (χ0) is 9.10. The summed E-state index contributed by atoms with van der Waals surface area (Å²) in [4.78, 5) is 14.2. The number of rotatable bonds is 3. The van der Waals surface area contributed by atoms with E-state index in [1.54, 1.807) is 11.3 Å². The maximum atomic E-state index is 5.06. The van der Waals surface area contributed by atoms with E-state index in [4.69, 9.17) is 4.84 Å². The van der Waals surface area contributed by atoms with E-state index in [-0.39, 0.29) is 0 Å². The molecule has 0 aromatic carbocycles. The zero-order valence-corrected chi connectivity index (χ0v) is 7.97. The Morgan fingerprint density at radius 2 is 2.46 bits per heavy atom. The van der Waals surface area contributed by atoms with Crippen LogP contribution >= 0.6 is 11.3 Å². The van der Waals surface area contributed by atoms with Gasteiger partial charge in [0.2, 0.25) is 0 Å². The molecule has 13 heavy (non-hydrogen) atoms. The molecule has 0 aliphatic carbocycles. The van der Waals surface area contributed by atoms with Gasteiger partial charge in [0.25, 0.3) is 0 Å². The van der Waals surface area contributed by atoms with Gasteiger partial charge < -0.3 is 0 Å². The molecule has 0 saturated heterocycles. The molecular formula is C8H9N3OS. The number of fused-ring (bicyclic) bond motifs is 1. The van der Waals surface area contributed by atoms with Crippen LogP contribution in [0.2, 0.25) is 0 Å². The van der Waals surface area contributed by atoms with E-state index < -0.39 is 0 Å². The van der Waals surface area contributed by atoms with Gasteiger partial charge in [0, 0.05) is 0 Å². The molecule has 2 rings (SSSR count). The maximum Gasteiger partial charge on any atom is 0.161 e. The molecule has 0 radical (unpaired) electrons. The Morgan fingerprint density at radius 3 is 3.31 bits per heavy atom. The van der Waals surface area contributed by atoms with E-state index >= 15 is 0 Å². The summed E-state index contributed by atoms with van der Waals surface area (Å²) in [6.45, 7) is 2.52. The molecular weight excluding hydrogens is 186 g/mol. The van der Waals surface area contributed by atoms with Gasteiger partial charge in [-0.15, -0.1) is 11.3 Å². The second kappa shape index (κ2) is 3.68. The molecule has 0 aliphatic rings. The van der Waals surface area contributed by atoms with Crippen molar-refractivity contribution in [3.63, 3.8) is 0 Å². The largest absolute Gasteiger partial charge is 0.275 e. The Labute approximate surface area is 79.5 Å². The summed E-state index contributed by atoms with van der Waals surface area (Å²) in [6.07, 6.45) is 1.53. The lowest BCUT2D eigenvalue weighted by molar-refractivity contribution is 0.209. The van der Waals surface area contributed by atoms with Crippen LogP contribution in [0.3, 0.4) is 0 Å². The maximum absolute atomic E-state index is 5.06. The second-order valence-corrected chi connectivity index (χ2v) is 3.29. The fourth-order valence-corrected chi connectivity index (χ4v) is 1.74. The van der Waals surface area contributed by atoms with Crippen molar-refractivity contribution in [1.82, 2.24) is 9.97 Å². The molecule has 0 spiro atoms. The Balaban J connectivity index is 2.37. The average molecular weight is 195 g/mol. The lowest BCUT2D eigenvalue weighted by atomic mass is 10.4. The van der Waals surface area contributed by atoms with Gasteiger partial charge in [-0.05, 0) is 18.4 Å². The molecule has 2 aromatic heterocycles. The van der Waals surface area contributed by atoms with Crippen LogP contribution in [0.4, 0.5) is 5.82 Å². The van der Waals surface area contributed by atoms with Crippen LogP contribution in [-0.2, 0) is 4.84 Å². The SMILES string of the molecule is CCONc1ncnc2sccc12. The highest BCUT2D eigenvalue weighted by molar-refractivity contribution is 7.16. The van der Waals surface area contributed by atoms with Crippen molar-refractivity contribution in [2.45, 2.75) is 6.92 Å². The number of hydrogen-bond donors (Lipinski definition) is 1. The summed E-state index contributed by atoms with van der Waals surface area (Å²) in [5, 5.41) is 2.98. The fourth-order valence-electron chi connectivity index (χ4n) is 1.01. The number of thiophene rings is 1. The van der Waals surface area contributed by atoms with Gasteiger partial charge >= 0.3 is 0 Å². The summed E-state index contributed by atoms with van der Waals surface area (Å²) < 4.78 is 0. The minimum absolute atomic E-state index is 0.607. The Hall–Kier alpha value is -1.20. The molecule has 2 heterocycles. The number of nitrogens with one attached hydrogen (secondary N) is 1. The molecule has 2 aromatic rings. The quantitative estimate of drug-likeness (QED) is 0.761. The molecule has 0 saturated carbocycles. The molecule has 68 valence electrons. The first kappa shape index (κ1) is 8.40. The molecule has 4 nitrogen and oxygen atoms in total. The predicted molar refractivity (Wildman–Crippen MR) is 52.7 cm³/mol. The molecule has 0 fully saturated rings. The van der Waals surface area contributed by atoms with Gasteiger partial charge in [0.1, 0.15) is 11.2 Å². The fraction of sp³-hybridized carbons (Fsp3) is 0.250. The molecule has 0 amide bonds. The minimum Gasteiger partial charge on any atom is -0.275 e. The van der Waals surface area contributed by atoms with Crippen LogP contribution in [-0.4, -0.2) is 16.6 Å². The number of anilines is 1. The van der Waals surface area contributed by atoms with Gasteiger partial charge in [-0.3, -0.25) is 4.84 Å². The first-order valence-electron chi connectivity index (χ1n) is 3.98. The van der Waals surface area contributed by atoms with Gasteiger partial charge in [-0.25, -0.2) is 15.4 Å². The topological polar surface area (TPSA) is 47.0 Å². The van der Waals surface area contributed by atoms with Gasteiger partial charge in [0.05, 0.1) is 12.0 Å². The van der Waals surface area contributed by atoms with Crippen LogP contribution in [0.1, 0.15) is 6.92 Å². The first-order chi connectivity index (χ1) is 6.42. The highest BCUT2D eigenvalue weighted by Gasteiger charge is 2.02. The minimum atomic E-state index is 0.607. The van der Waals surface area contributed by atoms with Crippen LogP contribution in [0.15, 0.2) is 17.8 Å². The molecule has 0 atom stereocenters. The van der Waals surface area contributed by atoms with Gasteiger partial charge in [-0.2, -0.15) is 0 Å². The third kappa shape index (κ3) is 1.61. The van der Waals surface area contributed by atoms with E-state index in [0.717, 1.165) is 16.0 Å². The molecule has 0 aliphatic heterocycles. The van der Waals surface area contributed by atoms with Crippen molar-refractivity contribution in [3.8, 4) is 0 Å². The lowest BCUT2D eigenvalue weighted by Gasteiger charge is -2.03. The van der Waals surface area contributed by atoms with Crippen molar-refractivity contribution in [1.29, 1.82) is 0 Å². The molecule has 0 unspecified atom stereocenters. The van der Waals surface area contributed by atoms with Crippen molar-refractivity contribution < 1.29 is 4.84 Å². The Kier molecular flexibility index (Phi) is 2.37. The van der Waals surface area contributed by atoms with Crippen molar-refractivity contribution >= 4 is 27.4 Å². The molecule has 0 bridgehead atoms. The van der Waals surface area contributed by atoms with E-state index in [0.29, 0.717) is 6.61 Å². The number of hydrogen-bond acceptors (Lipinski definition) is 5. The summed E-state index contributed by atoms with van der Waals surface area (Å²) in [6, 6.07) is 1.97. The third-order valence-corrected chi connectivity index (χ3v) is 2.40.